The lowest BCUT2D eigenvalue weighted by molar-refractivity contribution is 0.310. The zero-order valence-electron chi connectivity index (χ0n) is 14.9. The van der Waals surface area contributed by atoms with Gasteiger partial charge in [0.05, 0.1) is 13.7 Å². The molecular weight excluding hydrogens is 356 g/mol. The van der Waals surface area contributed by atoms with Crippen LogP contribution in [0, 0.1) is 6.92 Å². The molecule has 2 aromatic rings. The van der Waals surface area contributed by atoms with Crippen molar-refractivity contribution in [2.45, 2.75) is 20.4 Å². The zero-order chi connectivity index (χ0) is 18.4. The average Bonchev–Trinajstić information content (AvgIpc) is 2.60. The summed E-state index contributed by atoms with van der Waals surface area (Å²) < 4.78 is 10.9. The molecule has 25 heavy (non-hydrogen) atoms. The first-order valence-electron chi connectivity index (χ1n) is 8.03. The minimum absolute atomic E-state index is 0.600. The van der Waals surface area contributed by atoms with Crippen LogP contribution in [0.4, 0.5) is 5.69 Å². The summed E-state index contributed by atoms with van der Waals surface area (Å²) in [4.78, 5) is 1.96. The van der Waals surface area contributed by atoms with Gasteiger partial charge in [-0.15, -0.1) is 0 Å². The first-order chi connectivity index (χ1) is 12.0. The molecule has 0 aliphatic carbocycles. The van der Waals surface area contributed by atoms with Crippen LogP contribution in [0.2, 0.25) is 5.02 Å². The lowest BCUT2D eigenvalue weighted by Gasteiger charge is -2.22. The first-order valence-corrected chi connectivity index (χ1v) is 8.81. The highest BCUT2D eigenvalue weighted by atomic mass is 35.5. The fourth-order valence-corrected chi connectivity index (χ4v) is 2.73. The second-order valence-corrected chi connectivity index (χ2v) is 6.41. The second-order valence-electron chi connectivity index (χ2n) is 5.62. The largest absolute Gasteiger partial charge is 0.493 e. The van der Waals surface area contributed by atoms with Gasteiger partial charge in [0.15, 0.2) is 16.6 Å². The Morgan fingerprint density at radius 3 is 2.68 bits per heavy atom. The first kappa shape index (κ1) is 19.3. The van der Waals surface area contributed by atoms with Gasteiger partial charge in [-0.2, -0.15) is 0 Å². The van der Waals surface area contributed by atoms with E-state index in [-0.39, 0.29) is 0 Å². The summed E-state index contributed by atoms with van der Waals surface area (Å²) in [6.07, 6.45) is 0. The minimum atomic E-state index is 0.600. The van der Waals surface area contributed by atoms with Crippen LogP contribution in [0.15, 0.2) is 36.4 Å². The molecule has 0 aliphatic heterocycles. The van der Waals surface area contributed by atoms with E-state index in [1.807, 2.05) is 62.2 Å². The van der Waals surface area contributed by atoms with Gasteiger partial charge in [-0.3, -0.25) is 0 Å². The highest BCUT2D eigenvalue weighted by molar-refractivity contribution is 7.80. The average molecular weight is 379 g/mol. The molecule has 0 saturated carbocycles. The molecule has 0 radical (unpaired) electrons. The van der Waals surface area contributed by atoms with Crippen LogP contribution in [0.3, 0.4) is 0 Å². The van der Waals surface area contributed by atoms with Crippen molar-refractivity contribution in [1.82, 2.24) is 4.90 Å². The molecule has 4 nitrogen and oxygen atoms in total. The molecule has 0 amide bonds. The van der Waals surface area contributed by atoms with Gasteiger partial charge in [-0.1, -0.05) is 23.7 Å². The van der Waals surface area contributed by atoms with Crippen LogP contribution in [0.5, 0.6) is 11.5 Å². The fourth-order valence-electron chi connectivity index (χ4n) is 2.38. The summed E-state index contributed by atoms with van der Waals surface area (Å²) >= 11 is 11.7. The number of halogens is 1. The van der Waals surface area contributed by atoms with E-state index in [0.717, 1.165) is 28.3 Å². The van der Waals surface area contributed by atoms with Gasteiger partial charge in [-0.25, -0.2) is 0 Å². The van der Waals surface area contributed by atoms with Gasteiger partial charge in [0.25, 0.3) is 0 Å². The molecule has 1 N–H and O–H groups in total. The van der Waals surface area contributed by atoms with Crippen molar-refractivity contribution in [2.24, 2.45) is 0 Å². The van der Waals surface area contributed by atoms with Crippen LogP contribution in [-0.2, 0) is 6.54 Å². The maximum absolute atomic E-state index is 6.16. The molecule has 2 rings (SSSR count). The monoisotopic (exact) mass is 378 g/mol. The van der Waals surface area contributed by atoms with Gasteiger partial charge >= 0.3 is 0 Å². The Balaban J connectivity index is 2.07. The predicted octanol–water partition coefficient (Wildman–Crippen LogP) is 4.88. The molecule has 0 saturated heterocycles. The van der Waals surface area contributed by atoms with Crippen molar-refractivity contribution >= 4 is 34.6 Å². The van der Waals surface area contributed by atoms with Crippen LogP contribution >= 0.6 is 23.8 Å². The molecule has 0 heterocycles. The number of hydrogen-bond donors (Lipinski definition) is 1. The molecule has 2 aromatic carbocycles. The molecule has 0 atom stereocenters. The summed E-state index contributed by atoms with van der Waals surface area (Å²) in [5.41, 5.74) is 2.96. The molecule has 6 heteroatoms. The third-order valence-electron chi connectivity index (χ3n) is 3.80. The second kappa shape index (κ2) is 8.92. The Kier molecular flexibility index (Phi) is 6.91. The van der Waals surface area contributed by atoms with Crippen molar-refractivity contribution in [3.63, 3.8) is 0 Å². The molecule has 0 spiro atoms. The van der Waals surface area contributed by atoms with E-state index < -0.39 is 0 Å². The number of ether oxygens (including phenoxy) is 2. The number of rotatable bonds is 6. The number of nitrogens with one attached hydrogen (secondary N) is 1. The lowest BCUT2D eigenvalue weighted by atomic mass is 10.2. The van der Waals surface area contributed by atoms with Crippen molar-refractivity contribution in [3.8, 4) is 11.5 Å². The van der Waals surface area contributed by atoms with Gasteiger partial charge in [0.1, 0.15) is 0 Å². The highest BCUT2D eigenvalue weighted by Gasteiger charge is 2.11. The van der Waals surface area contributed by atoms with E-state index in [1.165, 1.54) is 0 Å². The van der Waals surface area contributed by atoms with E-state index in [9.17, 15) is 0 Å². The van der Waals surface area contributed by atoms with Gasteiger partial charge < -0.3 is 19.7 Å². The summed E-state index contributed by atoms with van der Waals surface area (Å²) in [6, 6.07) is 11.6. The normalized spacial score (nSPS) is 10.3. The number of benzene rings is 2. The van der Waals surface area contributed by atoms with Crippen LogP contribution in [0.1, 0.15) is 18.1 Å². The van der Waals surface area contributed by atoms with Crippen LogP contribution in [0.25, 0.3) is 0 Å². The van der Waals surface area contributed by atoms with Crippen molar-refractivity contribution in [1.29, 1.82) is 0 Å². The molecule has 0 aromatic heterocycles. The van der Waals surface area contributed by atoms with Gasteiger partial charge in [0, 0.05) is 24.3 Å². The summed E-state index contributed by atoms with van der Waals surface area (Å²) in [5.74, 6) is 1.46. The number of methoxy groups -OCH3 is 1. The number of hydrogen-bond acceptors (Lipinski definition) is 3. The van der Waals surface area contributed by atoms with Crippen LogP contribution in [-0.4, -0.2) is 30.8 Å². The molecule has 0 fully saturated rings. The van der Waals surface area contributed by atoms with E-state index in [0.29, 0.717) is 23.3 Å². The van der Waals surface area contributed by atoms with Crippen molar-refractivity contribution < 1.29 is 9.47 Å². The lowest BCUT2D eigenvalue weighted by Crippen LogP contribution is -2.30. The topological polar surface area (TPSA) is 33.7 Å². The van der Waals surface area contributed by atoms with Gasteiger partial charge in [-0.05, 0) is 61.5 Å². The third kappa shape index (κ3) is 5.00. The molecular formula is C19H23ClN2O2S. The van der Waals surface area contributed by atoms with Crippen LogP contribution < -0.4 is 14.8 Å². The fraction of sp³-hybridized carbons (Fsp3) is 0.316. The van der Waals surface area contributed by atoms with E-state index >= 15 is 0 Å². The number of nitrogens with zero attached hydrogens (tertiary/aromatic N) is 1. The summed E-state index contributed by atoms with van der Waals surface area (Å²) in [5, 5.41) is 4.59. The Morgan fingerprint density at radius 1 is 1.24 bits per heavy atom. The predicted molar refractivity (Wildman–Crippen MR) is 108 cm³/mol. The highest BCUT2D eigenvalue weighted by Crippen LogP contribution is 2.28. The summed E-state index contributed by atoms with van der Waals surface area (Å²) in [6.45, 7) is 5.16. The number of thiocarbonyl (C=S) groups is 1. The van der Waals surface area contributed by atoms with Gasteiger partial charge in [0.2, 0.25) is 0 Å². The Morgan fingerprint density at radius 2 is 2.00 bits per heavy atom. The standard InChI is InChI=1S/C19H23ClN2O2S/c1-5-24-17-10-9-14(11-18(17)23-4)12-22(3)19(25)21-16-8-6-7-15(20)13(16)2/h6-11H,5,12H2,1-4H3,(H,21,25). The van der Waals surface area contributed by atoms with E-state index in [1.54, 1.807) is 7.11 Å². The minimum Gasteiger partial charge on any atom is -0.493 e. The Hall–Kier alpha value is -1.98. The third-order valence-corrected chi connectivity index (χ3v) is 4.63. The van der Waals surface area contributed by atoms with E-state index in [2.05, 4.69) is 5.32 Å². The maximum atomic E-state index is 6.16. The molecule has 0 unspecified atom stereocenters. The quantitative estimate of drug-likeness (QED) is 0.724. The number of anilines is 1. The maximum Gasteiger partial charge on any atom is 0.173 e. The Bertz CT molecular complexity index is 752. The van der Waals surface area contributed by atoms with E-state index in [4.69, 9.17) is 33.3 Å². The Labute approximate surface area is 159 Å². The SMILES string of the molecule is CCOc1ccc(CN(C)C(=S)Nc2cccc(Cl)c2C)cc1OC. The zero-order valence-corrected chi connectivity index (χ0v) is 16.5. The van der Waals surface area contributed by atoms with Crippen molar-refractivity contribution in [3.05, 3.63) is 52.5 Å². The molecule has 0 aliphatic rings. The smallest absolute Gasteiger partial charge is 0.173 e. The molecule has 0 bridgehead atoms. The van der Waals surface area contributed by atoms with Crippen molar-refractivity contribution in [2.75, 3.05) is 26.1 Å². The summed E-state index contributed by atoms with van der Waals surface area (Å²) in [7, 11) is 3.58. The molecule has 134 valence electrons.